The van der Waals surface area contributed by atoms with Gasteiger partial charge in [-0.05, 0) is 51.4 Å². The van der Waals surface area contributed by atoms with Gasteiger partial charge in [0.25, 0.3) is 0 Å². The number of rotatable bonds is 8. The molecule has 2 saturated carbocycles. The first kappa shape index (κ1) is 16.1. The van der Waals surface area contributed by atoms with E-state index < -0.39 is 0 Å². The largest absolute Gasteiger partial charge is 0.373 e. The molecule has 0 bridgehead atoms. The van der Waals surface area contributed by atoms with Crippen molar-refractivity contribution in [3.8, 4) is 0 Å². The minimum Gasteiger partial charge on any atom is -0.373 e. The quantitative estimate of drug-likeness (QED) is 0.528. The van der Waals surface area contributed by atoms with Crippen molar-refractivity contribution in [1.82, 2.24) is 15.5 Å². The first-order valence-corrected chi connectivity index (χ1v) is 9.01. The highest BCUT2D eigenvalue weighted by Gasteiger charge is 2.33. The second-order valence-corrected chi connectivity index (χ2v) is 7.42. The van der Waals surface area contributed by atoms with Gasteiger partial charge in [0.15, 0.2) is 5.96 Å². The van der Waals surface area contributed by atoms with Gasteiger partial charge in [-0.15, -0.1) is 0 Å². The second kappa shape index (κ2) is 7.18. The van der Waals surface area contributed by atoms with Crippen LogP contribution in [0.5, 0.6) is 0 Å². The SMILES string of the molecule is CN=C(NCCN(CC1CC1)C1CC1)NCC1(C)CCCO1. The highest BCUT2D eigenvalue weighted by Crippen LogP contribution is 2.34. The Labute approximate surface area is 134 Å². The van der Waals surface area contributed by atoms with Crippen LogP contribution in [0, 0.1) is 5.92 Å². The van der Waals surface area contributed by atoms with Crippen molar-refractivity contribution in [2.24, 2.45) is 10.9 Å². The maximum atomic E-state index is 5.81. The van der Waals surface area contributed by atoms with Gasteiger partial charge in [-0.2, -0.15) is 0 Å². The lowest BCUT2D eigenvalue weighted by atomic mass is 10.0. The lowest BCUT2D eigenvalue weighted by Gasteiger charge is -2.26. The Morgan fingerprint density at radius 1 is 1.27 bits per heavy atom. The molecular weight excluding hydrogens is 276 g/mol. The van der Waals surface area contributed by atoms with Crippen LogP contribution in [0.4, 0.5) is 0 Å². The molecule has 2 aliphatic carbocycles. The van der Waals surface area contributed by atoms with Crippen molar-refractivity contribution < 1.29 is 4.74 Å². The summed E-state index contributed by atoms with van der Waals surface area (Å²) < 4.78 is 5.81. The fourth-order valence-electron chi connectivity index (χ4n) is 3.28. The smallest absolute Gasteiger partial charge is 0.191 e. The number of hydrogen-bond donors (Lipinski definition) is 2. The van der Waals surface area contributed by atoms with Crippen LogP contribution in [0.15, 0.2) is 4.99 Å². The molecule has 5 nitrogen and oxygen atoms in total. The second-order valence-electron chi connectivity index (χ2n) is 7.42. The summed E-state index contributed by atoms with van der Waals surface area (Å²) in [7, 11) is 1.84. The van der Waals surface area contributed by atoms with E-state index >= 15 is 0 Å². The normalized spacial score (nSPS) is 29.1. The number of guanidine groups is 1. The van der Waals surface area contributed by atoms with E-state index in [9.17, 15) is 0 Å². The lowest BCUT2D eigenvalue weighted by molar-refractivity contribution is 0.0243. The van der Waals surface area contributed by atoms with E-state index in [0.717, 1.165) is 50.6 Å². The summed E-state index contributed by atoms with van der Waals surface area (Å²) in [5.41, 5.74) is -0.0242. The van der Waals surface area contributed by atoms with Crippen LogP contribution in [0.25, 0.3) is 0 Å². The molecule has 3 fully saturated rings. The minimum absolute atomic E-state index is 0.0242. The van der Waals surface area contributed by atoms with Crippen LogP contribution in [-0.4, -0.2) is 62.3 Å². The molecule has 1 atom stereocenters. The van der Waals surface area contributed by atoms with E-state index in [1.54, 1.807) is 0 Å². The molecule has 2 N–H and O–H groups in total. The molecule has 0 radical (unpaired) electrons. The monoisotopic (exact) mass is 308 g/mol. The van der Waals surface area contributed by atoms with Crippen molar-refractivity contribution in [2.75, 3.05) is 39.8 Å². The average molecular weight is 308 g/mol. The first-order valence-electron chi connectivity index (χ1n) is 9.01. The molecule has 3 aliphatic rings. The Kier molecular flexibility index (Phi) is 5.24. The van der Waals surface area contributed by atoms with Gasteiger partial charge in [0.05, 0.1) is 5.60 Å². The third-order valence-corrected chi connectivity index (χ3v) is 5.10. The van der Waals surface area contributed by atoms with Gasteiger partial charge in [0, 0.05) is 45.9 Å². The van der Waals surface area contributed by atoms with E-state index in [2.05, 4.69) is 27.4 Å². The van der Waals surface area contributed by atoms with Gasteiger partial charge in [-0.3, -0.25) is 9.89 Å². The number of ether oxygens (including phenoxy) is 1. The highest BCUT2D eigenvalue weighted by molar-refractivity contribution is 5.79. The van der Waals surface area contributed by atoms with Gasteiger partial charge >= 0.3 is 0 Å². The van der Waals surface area contributed by atoms with Crippen LogP contribution in [-0.2, 0) is 4.74 Å². The summed E-state index contributed by atoms with van der Waals surface area (Å²) in [6, 6.07) is 0.864. The predicted molar refractivity (Wildman–Crippen MR) is 90.3 cm³/mol. The van der Waals surface area contributed by atoms with E-state index in [0.29, 0.717) is 0 Å². The van der Waals surface area contributed by atoms with Crippen LogP contribution >= 0.6 is 0 Å². The fourth-order valence-corrected chi connectivity index (χ4v) is 3.28. The molecule has 0 aromatic rings. The van der Waals surface area contributed by atoms with Crippen LogP contribution in [0.1, 0.15) is 45.4 Å². The molecule has 1 unspecified atom stereocenters. The van der Waals surface area contributed by atoms with E-state index in [-0.39, 0.29) is 5.60 Å². The number of nitrogens with zero attached hydrogens (tertiary/aromatic N) is 2. The summed E-state index contributed by atoms with van der Waals surface area (Å²) in [4.78, 5) is 7.01. The molecular formula is C17H32N4O. The zero-order valence-electron chi connectivity index (χ0n) is 14.2. The molecule has 0 spiro atoms. The Hall–Kier alpha value is -0.810. The summed E-state index contributed by atoms with van der Waals surface area (Å²) in [5.74, 6) is 1.89. The molecule has 1 aliphatic heterocycles. The highest BCUT2D eigenvalue weighted by atomic mass is 16.5. The fraction of sp³-hybridized carbons (Fsp3) is 0.941. The molecule has 1 saturated heterocycles. The first-order chi connectivity index (χ1) is 10.7. The zero-order chi connectivity index (χ0) is 15.4. The van der Waals surface area contributed by atoms with Crippen molar-refractivity contribution in [1.29, 1.82) is 0 Å². The number of hydrogen-bond acceptors (Lipinski definition) is 3. The van der Waals surface area contributed by atoms with Crippen molar-refractivity contribution >= 4 is 5.96 Å². The van der Waals surface area contributed by atoms with Crippen LogP contribution < -0.4 is 10.6 Å². The molecule has 0 aromatic carbocycles. The average Bonchev–Trinajstić information content (AvgIpc) is 3.42. The van der Waals surface area contributed by atoms with Gasteiger partial charge in [0.2, 0.25) is 0 Å². The molecule has 0 amide bonds. The summed E-state index contributed by atoms with van der Waals surface area (Å²) >= 11 is 0. The van der Waals surface area contributed by atoms with Crippen LogP contribution in [0.3, 0.4) is 0 Å². The Morgan fingerprint density at radius 2 is 2.09 bits per heavy atom. The van der Waals surface area contributed by atoms with Gasteiger partial charge in [-0.1, -0.05) is 0 Å². The van der Waals surface area contributed by atoms with E-state index in [4.69, 9.17) is 4.74 Å². The maximum Gasteiger partial charge on any atom is 0.191 e. The van der Waals surface area contributed by atoms with Crippen LogP contribution in [0.2, 0.25) is 0 Å². The van der Waals surface area contributed by atoms with E-state index in [1.165, 1.54) is 38.6 Å². The van der Waals surface area contributed by atoms with Crippen molar-refractivity contribution in [3.05, 3.63) is 0 Å². The number of nitrogens with one attached hydrogen (secondary N) is 2. The van der Waals surface area contributed by atoms with Crippen molar-refractivity contribution in [2.45, 2.75) is 57.1 Å². The molecule has 0 aromatic heterocycles. The third-order valence-electron chi connectivity index (χ3n) is 5.10. The predicted octanol–water partition coefficient (Wildman–Crippen LogP) is 1.59. The van der Waals surface area contributed by atoms with E-state index in [1.807, 2.05) is 7.05 Å². The molecule has 1 heterocycles. The Balaban J connectivity index is 1.35. The standard InChI is InChI=1S/C17H32N4O/c1-17(8-3-11-22-17)13-20-16(18-2)19-9-10-21(15-6-7-15)12-14-4-5-14/h14-15H,3-13H2,1-2H3,(H2,18,19,20). The zero-order valence-corrected chi connectivity index (χ0v) is 14.2. The maximum absolute atomic E-state index is 5.81. The van der Waals surface area contributed by atoms with Gasteiger partial charge in [-0.25, -0.2) is 0 Å². The molecule has 3 rings (SSSR count). The lowest BCUT2D eigenvalue weighted by Crippen LogP contribution is -2.47. The molecule has 126 valence electrons. The summed E-state index contributed by atoms with van der Waals surface area (Å²) in [6.07, 6.45) is 7.98. The Morgan fingerprint density at radius 3 is 2.68 bits per heavy atom. The van der Waals surface area contributed by atoms with Gasteiger partial charge in [0.1, 0.15) is 0 Å². The minimum atomic E-state index is -0.0242. The molecule has 5 heteroatoms. The Bertz CT molecular complexity index is 384. The third kappa shape index (κ3) is 4.85. The topological polar surface area (TPSA) is 48.9 Å². The van der Waals surface area contributed by atoms with Gasteiger partial charge < -0.3 is 15.4 Å². The summed E-state index contributed by atoms with van der Waals surface area (Å²) in [5, 5.41) is 6.88. The molecule has 22 heavy (non-hydrogen) atoms. The van der Waals surface area contributed by atoms with Crippen molar-refractivity contribution in [3.63, 3.8) is 0 Å². The number of aliphatic imine (C=N–C) groups is 1. The summed E-state index contributed by atoms with van der Waals surface area (Å²) in [6.45, 7) is 7.33.